The van der Waals surface area contributed by atoms with Crippen molar-refractivity contribution in [2.24, 2.45) is 0 Å². The average Bonchev–Trinajstić information content (AvgIpc) is 1.95. The van der Waals surface area contributed by atoms with E-state index in [2.05, 4.69) is 0 Å². The fourth-order valence-electron chi connectivity index (χ4n) is 1.08. The number of likely N-dealkylation sites (tertiary alicyclic amines) is 1. The van der Waals surface area contributed by atoms with Crippen molar-refractivity contribution < 1.29 is 9.90 Å². The van der Waals surface area contributed by atoms with Gasteiger partial charge < -0.3 is 10.0 Å². The number of likely N-dealkylation sites (N-methyl/N-ethyl adjacent to an activating group) is 1. The molecule has 1 N–H and O–H groups in total. The molecule has 0 spiro atoms. The van der Waals surface area contributed by atoms with Gasteiger partial charge in [-0.25, -0.2) is 0 Å². The van der Waals surface area contributed by atoms with E-state index < -0.39 is 0 Å². The first kappa shape index (κ1) is 7.12. The van der Waals surface area contributed by atoms with Crippen molar-refractivity contribution in [1.82, 2.24) is 4.90 Å². The first-order valence-corrected chi connectivity index (χ1v) is 3.34. The van der Waals surface area contributed by atoms with Gasteiger partial charge in [-0.05, 0) is 12.8 Å². The van der Waals surface area contributed by atoms with Crippen molar-refractivity contribution in [2.45, 2.75) is 12.8 Å². The molecular formula is C7H11NO2. The molecule has 0 aromatic heterocycles. The van der Waals surface area contributed by atoms with E-state index >= 15 is 0 Å². The van der Waals surface area contributed by atoms with E-state index in [4.69, 9.17) is 5.11 Å². The number of aliphatic hydroxyl groups is 1. The number of piperidine rings is 1. The van der Waals surface area contributed by atoms with E-state index in [1.165, 1.54) is 0 Å². The molecule has 1 rings (SSSR count). The Morgan fingerprint density at radius 1 is 1.70 bits per heavy atom. The summed E-state index contributed by atoms with van der Waals surface area (Å²) in [4.78, 5) is 12.7. The highest BCUT2D eigenvalue weighted by molar-refractivity contribution is 5.93. The monoisotopic (exact) mass is 141 g/mol. The van der Waals surface area contributed by atoms with E-state index in [0.717, 1.165) is 19.2 Å². The highest BCUT2D eigenvalue weighted by Crippen LogP contribution is 2.14. The van der Waals surface area contributed by atoms with Crippen LogP contribution in [0.5, 0.6) is 0 Å². The van der Waals surface area contributed by atoms with Crippen LogP contribution in [0.25, 0.3) is 0 Å². The molecule has 10 heavy (non-hydrogen) atoms. The number of amides is 1. The topological polar surface area (TPSA) is 40.5 Å². The lowest BCUT2D eigenvalue weighted by Crippen LogP contribution is -2.33. The van der Waals surface area contributed by atoms with Crippen molar-refractivity contribution in [3.05, 3.63) is 11.8 Å². The Morgan fingerprint density at radius 3 is 2.90 bits per heavy atom. The van der Waals surface area contributed by atoms with Crippen LogP contribution in [0.3, 0.4) is 0 Å². The van der Waals surface area contributed by atoms with Gasteiger partial charge in [0, 0.05) is 13.6 Å². The number of rotatable bonds is 0. The molecule has 0 aliphatic carbocycles. The minimum atomic E-state index is -0.0475. The van der Waals surface area contributed by atoms with E-state index in [1.807, 2.05) is 0 Å². The van der Waals surface area contributed by atoms with Gasteiger partial charge in [0.25, 0.3) is 5.91 Å². The smallest absolute Gasteiger partial charge is 0.252 e. The molecule has 1 fully saturated rings. The van der Waals surface area contributed by atoms with Crippen molar-refractivity contribution in [2.75, 3.05) is 13.6 Å². The summed E-state index contributed by atoms with van der Waals surface area (Å²) in [5.74, 6) is -0.0475. The lowest BCUT2D eigenvalue weighted by Gasteiger charge is -2.23. The number of carbonyl (C=O) groups excluding carboxylic acids is 1. The maximum Gasteiger partial charge on any atom is 0.252 e. The molecule has 0 saturated carbocycles. The molecule has 0 unspecified atom stereocenters. The van der Waals surface area contributed by atoms with Gasteiger partial charge in [-0.2, -0.15) is 0 Å². The first-order valence-electron chi connectivity index (χ1n) is 3.34. The molecule has 0 aromatic carbocycles. The molecule has 3 heteroatoms. The Balaban J connectivity index is 2.69. The molecule has 0 aromatic rings. The van der Waals surface area contributed by atoms with Crippen LogP contribution < -0.4 is 0 Å². The predicted octanol–water partition coefficient (Wildman–Crippen LogP) is 0.681. The number of carbonyl (C=O) groups is 1. The van der Waals surface area contributed by atoms with Crippen molar-refractivity contribution >= 4 is 5.91 Å². The maximum atomic E-state index is 11.1. The second-order valence-electron chi connectivity index (χ2n) is 2.48. The van der Waals surface area contributed by atoms with Gasteiger partial charge in [0.05, 0.1) is 11.8 Å². The quantitative estimate of drug-likeness (QED) is 0.398. The third kappa shape index (κ3) is 1.12. The minimum Gasteiger partial charge on any atom is -0.515 e. The van der Waals surface area contributed by atoms with Crippen LogP contribution in [-0.4, -0.2) is 29.5 Å². The van der Waals surface area contributed by atoms with E-state index in [-0.39, 0.29) is 5.91 Å². The Morgan fingerprint density at radius 2 is 2.40 bits per heavy atom. The van der Waals surface area contributed by atoms with E-state index in [1.54, 1.807) is 11.9 Å². The minimum absolute atomic E-state index is 0.0475. The Labute approximate surface area is 59.9 Å². The predicted molar refractivity (Wildman–Crippen MR) is 37.6 cm³/mol. The average molecular weight is 141 g/mol. The van der Waals surface area contributed by atoms with Crippen LogP contribution in [0.15, 0.2) is 11.8 Å². The molecule has 1 saturated heterocycles. The molecule has 1 aliphatic rings. The van der Waals surface area contributed by atoms with Crippen molar-refractivity contribution in [1.29, 1.82) is 0 Å². The maximum absolute atomic E-state index is 11.1. The Bertz CT molecular complexity index is 174. The van der Waals surface area contributed by atoms with Gasteiger partial charge in [0.2, 0.25) is 0 Å². The number of hydrogen-bond acceptors (Lipinski definition) is 2. The van der Waals surface area contributed by atoms with Crippen LogP contribution in [0.2, 0.25) is 0 Å². The molecule has 1 amide bonds. The molecule has 1 heterocycles. The summed E-state index contributed by atoms with van der Waals surface area (Å²) in [6.07, 6.45) is 2.58. The summed E-state index contributed by atoms with van der Waals surface area (Å²) in [7, 11) is 1.74. The summed E-state index contributed by atoms with van der Waals surface area (Å²) < 4.78 is 0. The summed E-state index contributed by atoms with van der Waals surface area (Å²) in [5, 5.41) is 8.57. The lowest BCUT2D eigenvalue weighted by atomic mass is 10.1. The molecular weight excluding hydrogens is 130 g/mol. The number of aliphatic hydroxyl groups excluding tert-OH is 1. The summed E-state index contributed by atoms with van der Waals surface area (Å²) in [6.45, 7) is 0.802. The zero-order valence-corrected chi connectivity index (χ0v) is 6.00. The zero-order chi connectivity index (χ0) is 7.56. The van der Waals surface area contributed by atoms with Gasteiger partial charge in [-0.3, -0.25) is 4.79 Å². The first-order chi connectivity index (χ1) is 4.75. The second kappa shape index (κ2) is 2.73. The Kier molecular flexibility index (Phi) is 1.94. The summed E-state index contributed by atoms with van der Waals surface area (Å²) in [5.41, 5.74) is 0.522. The third-order valence-corrected chi connectivity index (χ3v) is 1.72. The van der Waals surface area contributed by atoms with Gasteiger partial charge >= 0.3 is 0 Å². The van der Waals surface area contributed by atoms with Crippen LogP contribution >= 0.6 is 0 Å². The largest absolute Gasteiger partial charge is 0.515 e. The van der Waals surface area contributed by atoms with E-state index in [9.17, 15) is 4.79 Å². The standard InChI is InChI=1S/C7H11NO2/c1-8-4-2-3-6(5-9)7(8)10/h5,9H,2-4H2,1H3. The van der Waals surface area contributed by atoms with Crippen LogP contribution in [0, 0.1) is 0 Å². The molecule has 0 bridgehead atoms. The molecule has 56 valence electrons. The van der Waals surface area contributed by atoms with Gasteiger partial charge in [-0.1, -0.05) is 0 Å². The SMILES string of the molecule is CN1CCCC(=CO)C1=O. The molecule has 3 nitrogen and oxygen atoms in total. The highest BCUT2D eigenvalue weighted by atomic mass is 16.2. The summed E-state index contributed by atoms with van der Waals surface area (Å²) in [6, 6.07) is 0. The second-order valence-corrected chi connectivity index (χ2v) is 2.48. The normalized spacial score (nSPS) is 23.9. The third-order valence-electron chi connectivity index (χ3n) is 1.72. The molecule has 1 aliphatic heterocycles. The van der Waals surface area contributed by atoms with Gasteiger partial charge in [0.1, 0.15) is 0 Å². The van der Waals surface area contributed by atoms with Gasteiger partial charge in [0.15, 0.2) is 0 Å². The highest BCUT2D eigenvalue weighted by Gasteiger charge is 2.19. The number of hydrogen-bond donors (Lipinski definition) is 1. The van der Waals surface area contributed by atoms with Gasteiger partial charge in [-0.15, -0.1) is 0 Å². The van der Waals surface area contributed by atoms with Crippen LogP contribution in [0.4, 0.5) is 0 Å². The fraction of sp³-hybridized carbons (Fsp3) is 0.571. The van der Waals surface area contributed by atoms with Crippen molar-refractivity contribution in [3.8, 4) is 0 Å². The number of nitrogens with zero attached hydrogens (tertiary/aromatic N) is 1. The molecule has 0 atom stereocenters. The fourth-order valence-corrected chi connectivity index (χ4v) is 1.08. The van der Waals surface area contributed by atoms with Crippen molar-refractivity contribution in [3.63, 3.8) is 0 Å². The molecule has 0 radical (unpaired) electrons. The summed E-state index contributed by atoms with van der Waals surface area (Å²) >= 11 is 0. The van der Waals surface area contributed by atoms with E-state index in [0.29, 0.717) is 12.0 Å². The van der Waals surface area contributed by atoms with Crippen LogP contribution in [-0.2, 0) is 4.79 Å². The Hall–Kier alpha value is -0.990. The zero-order valence-electron chi connectivity index (χ0n) is 6.00. The van der Waals surface area contributed by atoms with Crippen LogP contribution in [0.1, 0.15) is 12.8 Å². The lowest BCUT2D eigenvalue weighted by molar-refractivity contribution is -0.127.